The Morgan fingerprint density at radius 2 is 2.15 bits per heavy atom. The molecule has 1 rings (SSSR count). The highest BCUT2D eigenvalue weighted by molar-refractivity contribution is 6.31. The minimum atomic E-state index is -2.52. The van der Waals surface area contributed by atoms with Crippen LogP contribution in [0.15, 0.2) is 18.2 Å². The molecule has 5 heteroatoms. The number of hydrogen-bond acceptors (Lipinski definition) is 2. The van der Waals surface area contributed by atoms with Gasteiger partial charge >= 0.3 is 0 Å². The molecule has 1 aromatic carbocycles. The van der Waals surface area contributed by atoms with E-state index in [9.17, 15) is 8.78 Å². The Morgan fingerprint density at radius 3 is 2.62 bits per heavy atom. The maximum atomic E-state index is 12.1. The molecule has 0 amide bonds. The van der Waals surface area contributed by atoms with Gasteiger partial charge in [0.25, 0.3) is 6.43 Å². The average Bonchev–Trinajstić information content (AvgIpc) is 2.08. The van der Waals surface area contributed by atoms with Gasteiger partial charge in [-0.2, -0.15) is 0 Å². The summed E-state index contributed by atoms with van der Waals surface area (Å²) in [5.74, 6) is 0. The molecule has 72 valence electrons. The topological polar surface area (TPSA) is 32.3 Å². The van der Waals surface area contributed by atoms with E-state index in [0.29, 0.717) is 5.56 Å². The molecule has 0 saturated heterocycles. The Bertz CT molecular complexity index is 293. The van der Waals surface area contributed by atoms with Crippen LogP contribution in [-0.4, -0.2) is 5.21 Å². The standard InChI is InChI=1S/C8H8ClF2NO/c9-7-3-5(8(10)11)1-2-6(7)4-12-13/h1-3,8,12-13H,4H2. The number of hydroxylamine groups is 1. The number of benzene rings is 1. The van der Waals surface area contributed by atoms with Crippen LogP contribution in [0.25, 0.3) is 0 Å². The highest BCUT2D eigenvalue weighted by atomic mass is 35.5. The van der Waals surface area contributed by atoms with Gasteiger partial charge in [-0.1, -0.05) is 23.7 Å². The summed E-state index contributed by atoms with van der Waals surface area (Å²) in [5, 5.41) is 8.59. The highest BCUT2D eigenvalue weighted by Gasteiger charge is 2.08. The maximum absolute atomic E-state index is 12.1. The summed E-state index contributed by atoms with van der Waals surface area (Å²) in [6, 6.07) is 3.93. The van der Waals surface area contributed by atoms with Crippen LogP contribution in [0.2, 0.25) is 5.02 Å². The van der Waals surface area contributed by atoms with Crippen LogP contribution in [0.1, 0.15) is 17.6 Å². The third kappa shape index (κ3) is 2.62. The molecule has 0 heterocycles. The zero-order chi connectivity index (χ0) is 9.84. The van der Waals surface area contributed by atoms with Gasteiger partial charge in [-0.3, -0.25) is 0 Å². The van der Waals surface area contributed by atoms with Gasteiger partial charge in [0.1, 0.15) is 0 Å². The van der Waals surface area contributed by atoms with Gasteiger partial charge in [-0.25, -0.2) is 14.3 Å². The molecule has 0 aliphatic carbocycles. The lowest BCUT2D eigenvalue weighted by atomic mass is 10.1. The van der Waals surface area contributed by atoms with E-state index in [1.54, 1.807) is 0 Å². The Balaban J connectivity index is 2.92. The first-order valence-corrected chi connectivity index (χ1v) is 3.96. The van der Waals surface area contributed by atoms with E-state index in [0.717, 1.165) is 0 Å². The minimum Gasteiger partial charge on any atom is -0.316 e. The molecule has 2 nitrogen and oxygen atoms in total. The number of rotatable bonds is 3. The molecule has 0 atom stereocenters. The van der Waals surface area contributed by atoms with Gasteiger partial charge in [-0.05, 0) is 11.6 Å². The summed E-state index contributed by atoms with van der Waals surface area (Å²) in [6.07, 6.45) is -2.52. The van der Waals surface area contributed by atoms with Gasteiger partial charge in [0, 0.05) is 17.1 Å². The third-order valence-corrected chi connectivity index (χ3v) is 1.95. The minimum absolute atomic E-state index is 0.119. The van der Waals surface area contributed by atoms with Crippen LogP contribution in [0, 0.1) is 0 Å². The van der Waals surface area contributed by atoms with Crippen molar-refractivity contribution in [2.24, 2.45) is 0 Å². The molecule has 0 radical (unpaired) electrons. The van der Waals surface area contributed by atoms with Crippen LogP contribution in [0.4, 0.5) is 8.78 Å². The number of hydrogen-bond donors (Lipinski definition) is 2. The highest BCUT2D eigenvalue weighted by Crippen LogP contribution is 2.24. The fourth-order valence-electron chi connectivity index (χ4n) is 0.928. The Labute approximate surface area is 79.1 Å². The Morgan fingerprint density at radius 1 is 1.46 bits per heavy atom. The maximum Gasteiger partial charge on any atom is 0.263 e. The van der Waals surface area contributed by atoms with Crippen molar-refractivity contribution in [1.82, 2.24) is 5.48 Å². The predicted molar refractivity (Wildman–Crippen MR) is 45.0 cm³/mol. The summed E-state index contributed by atoms with van der Waals surface area (Å²) in [4.78, 5) is 0. The van der Waals surface area contributed by atoms with Gasteiger partial charge < -0.3 is 5.21 Å². The Kier molecular flexibility index (Phi) is 3.59. The molecule has 0 aliphatic rings. The molecule has 0 bridgehead atoms. The van der Waals surface area contributed by atoms with Crippen molar-refractivity contribution in [1.29, 1.82) is 0 Å². The normalized spacial score (nSPS) is 10.8. The largest absolute Gasteiger partial charge is 0.316 e. The van der Waals surface area contributed by atoms with E-state index in [1.807, 2.05) is 5.48 Å². The summed E-state index contributed by atoms with van der Waals surface area (Å²) < 4.78 is 24.3. The second kappa shape index (κ2) is 4.50. The molecule has 0 aromatic heterocycles. The molecule has 0 spiro atoms. The fraction of sp³-hybridized carbons (Fsp3) is 0.250. The first-order valence-electron chi connectivity index (χ1n) is 3.58. The SMILES string of the molecule is ONCc1ccc(C(F)F)cc1Cl. The summed E-state index contributed by atoms with van der Waals surface area (Å²) in [7, 11) is 0. The van der Waals surface area contributed by atoms with Gasteiger partial charge in [0.15, 0.2) is 0 Å². The molecule has 1 aromatic rings. The number of halogens is 3. The van der Waals surface area contributed by atoms with Crippen LogP contribution in [-0.2, 0) is 6.54 Å². The molecule has 2 N–H and O–H groups in total. The smallest absolute Gasteiger partial charge is 0.263 e. The van der Waals surface area contributed by atoms with Crippen molar-refractivity contribution in [3.8, 4) is 0 Å². The van der Waals surface area contributed by atoms with Crippen molar-refractivity contribution in [2.75, 3.05) is 0 Å². The van der Waals surface area contributed by atoms with E-state index in [1.165, 1.54) is 18.2 Å². The first-order chi connectivity index (χ1) is 6.15. The quantitative estimate of drug-likeness (QED) is 0.747. The van der Waals surface area contributed by atoms with Crippen molar-refractivity contribution in [3.05, 3.63) is 34.3 Å². The number of alkyl halides is 2. The lowest BCUT2D eigenvalue weighted by Crippen LogP contribution is -2.06. The molecule has 0 unspecified atom stereocenters. The molecular formula is C8H8ClF2NO. The second-order valence-electron chi connectivity index (χ2n) is 2.49. The first kappa shape index (κ1) is 10.4. The van der Waals surface area contributed by atoms with E-state index < -0.39 is 6.43 Å². The molecular weight excluding hydrogens is 200 g/mol. The van der Waals surface area contributed by atoms with E-state index in [-0.39, 0.29) is 17.1 Å². The van der Waals surface area contributed by atoms with Crippen LogP contribution < -0.4 is 5.48 Å². The zero-order valence-corrected chi connectivity index (χ0v) is 7.35. The van der Waals surface area contributed by atoms with Crippen molar-refractivity contribution in [3.63, 3.8) is 0 Å². The second-order valence-corrected chi connectivity index (χ2v) is 2.89. The number of nitrogens with one attached hydrogen (secondary N) is 1. The fourth-order valence-corrected chi connectivity index (χ4v) is 1.18. The molecule has 0 aliphatic heterocycles. The van der Waals surface area contributed by atoms with E-state index in [4.69, 9.17) is 16.8 Å². The lowest BCUT2D eigenvalue weighted by Gasteiger charge is -2.05. The molecule has 0 saturated carbocycles. The Hall–Kier alpha value is -0.710. The van der Waals surface area contributed by atoms with Crippen molar-refractivity contribution in [2.45, 2.75) is 13.0 Å². The van der Waals surface area contributed by atoms with Crippen LogP contribution in [0.5, 0.6) is 0 Å². The van der Waals surface area contributed by atoms with Gasteiger partial charge in [0.05, 0.1) is 0 Å². The van der Waals surface area contributed by atoms with E-state index >= 15 is 0 Å². The van der Waals surface area contributed by atoms with Gasteiger partial charge in [-0.15, -0.1) is 0 Å². The molecule has 13 heavy (non-hydrogen) atoms. The zero-order valence-electron chi connectivity index (χ0n) is 6.60. The summed E-state index contributed by atoms with van der Waals surface area (Å²) in [5.41, 5.74) is 2.36. The van der Waals surface area contributed by atoms with Crippen molar-refractivity contribution >= 4 is 11.6 Å². The predicted octanol–water partition coefficient (Wildman–Crippen LogP) is 2.76. The van der Waals surface area contributed by atoms with Crippen LogP contribution >= 0.6 is 11.6 Å². The van der Waals surface area contributed by atoms with E-state index in [2.05, 4.69) is 0 Å². The summed E-state index contributed by atoms with van der Waals surface area (Å²) >= 11 is 5.67. The summed E-state index contributed by atoms with van der Waals surface area (Å²) in [6.45, 7) is 0.141. The molecule has 0 fully saturated rings. The third-order valence-electron chi connectivity index (χ3n) is 1.60. The van der Waals surface area contributed by atoms with Crippen molar-refractivity contribution < 1.29 is 14.0 Å². The lowest BCUT2D eigenvalue weighted by molar-refractivity contribution is 0.151. The van der Waals surface area contributed by atoms with Gasteiger partial charge in [0.2, 0.25) is 0 Å². The van der Waals surface area contributed by atoms with Crippen LogP contribution in [0.3, 0.4) is 0 Å². The monoisotopic (exact) mass is 207 g/mol. The average molecular weight is 208 g/mol.